The number of fused-ring (bicyclic) bond motifs is 2. The van der Waals surface area contributed by atoms with Crippen LogP contribution in [0, 0.1) is 0 Å². The molecule has 5 aromatic rings. The van der Waals surface area contributed by atoms with Crippen LogP contribution in [-0.4, -0.2) is 43.6 Å². The summed E-state index contributed by atoms with van der Waals surface area (Å²) in [6.07, 6.45) is 1.26. The van der Waals surface area contributed by atoms with Crippen LogP contribution in [0.3, 0.4) is 0 Å². The van der Waals surface area contributed by atoms with E-state index in [2.05, 4.69) is 4.98 Å². The predicted molar refractivity (Wildman–Crippen MR) is 136 cm³/mol. The molecule has 0 aliphatic carbocycles. The molecular weight excluding hydrogens is 494 g/mol. The Labute approximate surface area is 214 Å². The van der Waals surface area contributed by atoms with Gasteiger partial charge in [0.2, 0.25) is 11.2 Å². The van der Waals surface area contributed by atoms with E-state index in [9.17, 15) is 35.1 Å². The largest absolute Gasteiger partial charge is 0.507 e. The minimum absolute atomic E-state index is 0.0131. The van der Waals surface area contributed by atoms with E-state index in [1.54, 1.807) is 30.3 Å². The number of methoxy groups -OCH3 is 1. The maximum absolute atomic E-state index is 13.2. The van der Waals surface area contributed by atoms with Crippen molar-refractivity contribution in [1.29, 1.82) is 0 Å². The number of esters is 1. The molecule has 5 rings (SSSR count). The molecule has 0 aliphatic rings. The third-order valence-corrected chi connectivity index (χ3v) is 6.38. The van der Waals surface area contributed by atoms with Crippen LogP contribution < -0.4 is 5.43 Å². The van der Waals surface area contributed by atoms with Gasteiger partial charge in [-0.05, 0) is 35.9 Å². The van der Waals surface area contributed by atoms with Crippen LogP contribution in [-0.2, 0) is 9.53 Å². The average molecular weight is 515 g/mol. The molecule has 0 fully saturated rings. The quantitative estimate of drug-likeness (QED) is 0.168. The molecule has 3 aromatic carbocycles. The molecule has 0 amide bonds. The van der Waals surface area contributed by atoms with Gasteiger partial charge in [-0.1, -0.05) is 18.2 Å². The number of carbonyl (C=O) groups excluding carboxylic acids is 1. The Balaban J connectivity index is 1.88. The molecule has 0 spiro atoms. The van der Waals surface area contributed by atoms with Crippen molar-refractivity contribution in [3.8, 4) is 40.1 Å². The number of hydrogen-bond acceptors (Lipinski definition) is 10. The number of pyridine rings is 1. The van der Waals surface area contributed by atoms with E-state index in [4.69, 9.17) is 9.15 Å². The third kappa shape index (κ3) is 3.97. The van der Waals surface area contributed by atoms with E-state index in [0.29, 0.717) is 16.5 Å². The van der Waals surface area contributed by atoms with Gasteiger partial charge in [0.25, 0.3) is 0 Å². The Bertz CT molecular complexity index is 1790. The van der Waals surface area contributed by atoms with Gasteiger partial charge >= 0.3 is 5.97 Å². The molecule has 1 atom stereocenters. The summed E-state index contributed by atoms with van der Waals surface area (Å²) in [5, 5.41) is 52.2. The van der Waals surface area contributed by atoms with Gasteiger partial charge in [0, 0.05) is 34.7 Å². The van der Waals surface area contributed by atoms with Crippen molar-refractivity contribution in [3.63, 3.8) is 0 Å². The van der Waals surface area contributed by atoms with Crippen molar-refractivity contribution in [2.75, 3.05) is 7.11 Å². The van der Waals surface area contributed by atoms with Gasteiger partial charge in [-0.15, -0.1) is 0 Å². The van der Waals surface area contributed by atoms with Gasteiger partial charge < -0.3 is 34.7 Å². The Morgan fingerprint density at radius 2 is 1.71 bits per heavy atom. The van der Waals surface area contributed by atoms with Gasteiger partial charge in [0.05, 0.1) is 19.0 Å². The van der Waals surface area contributed by atoms with Crippen LogP contribution in [0.4, 0.5) is 0 Å². The number of phenolic OH excluding ortho intramolecular Hbond substituents is 4. The molecule has 0 bridgehead atoms. The summed E-state index contributed by atoms with van der Waals surface area (Å²) in [7, 11) is 1.21. The Kier molecular flexibility index (Phi) is 6.00. The van der Waals surface area contributed by atoms with Crippen molar-refractivity contribution in [3.05, 3.63) is 82.1 Å². The van der Waals surface area contributed by atoms with Crippen LogP contribution >= 0.6 is 0 Å². The summed E-state index contributed by atoms with van der Waals surface area (Å²) in [5.41, 5.74) is -0.110. The number of aromatic hydroxyl groups is 5. The summed E-state index contributed by atoms with van der Waals surface area (Å²) in [6.45, 7) is 0. The first-order valence-corrected chi connectivity index (χ1v) is 11.4. The molecule has 0 aliphatic heterocycles. The second-order valence-corrected chi connectivity index (χ2v) is 8.60. The second-order valence-electron chi connectivity index (χ2n) is 8.60. The van der Waals surface area contributed by atoms with Gasteiger partial charge in [0.15, 0.2) is 17.3 Å². The van der Waals surface area contributed by atoms with Gasteiger partial charge in [-0.25, -0.2) is 0 Å². The molecule has 192 valence electrons. The number of hydrogen-bond donors (Lipinski definition) is 5. The summed E-state index contributed by atoms with van der Waals surface area (Å²) in [4.78, 5) is 30.1. The van der Waals surface area contributed by atoms with Crippen LogP contribution in [0.15, 0.2) is 70.0 Å². The fourth-order valence-electron chi connectivity index (χ4n) is 4.58. The van der Waals surface area contributed by atoms with Crippen molar-refractivity contribution < 1.29 is 39.5 Å². The van der Waals surface area contributed by atoms with E-state index in [0.717, 1.165) is 18.2 Å². The van der Waals surface area contributed by atoms with E-state index < -0.39 is 51.4 Å². The molecule has 10 nitrogen and oxygen atoms in total. The highest BCUT2D eigenvalue weighted by Crippen LogP contribution is 2.46. The molecule has 2 heterocycles. The number of benzene rings is 3. The monoisotopic (exact) mass is 515 g/mol. The summed E-state index contributed by atoms with van der Waals surface area (Å²) < 4.78 is 10.8. The van der Waals surface area contributed by atoms with Crippen LogP contribution in [0.5, 0.6) is 28.7 Å². The van der Waals surface area contributed by atoms with Gasteiger partial charge in [0.1, 0.15) is 22.5 Å². The molecule has 0 radical (unpaired) electrons. The average Bonchev–Trinajstić information content (AvgIpc) is 2.90. The number of nitrogens with zero attached hydrogens (tertiary/aromatic N) is 1. The molecule has 2 aromatic heterocycles. The maximum atomic E-state index is 13.2. The molecule has 38 heavy (non-hydrogen) atoms. The molecule has 5 N–H and O–H groups in total. The first-order valence-electron chi connectivity index (χ1n) is 11.4. The maximum Gasteiger partial charge on any atom is 0.306 e. The van der Waals surface area contributed by atoms with E-state index in [1.165, 1.54) is 19.4 Å². The normalized spacial score (nSPS) is 12.0. The highest BCUT2D eigenvalue weighted by atomic mass is 16.5. The topological polar surface area (TPSA) is 171 Å². The Hall–Kier alpha value is -5.25. The number of aromatic nitrogens is 1. The molecule has 0 saturated carbocycles. The molecule has 10 heteroatoms. The van der Waals surface area contributed by atoms with Crippen LogP contribution in [0.1, 0.15) is 23.5 Å². The first kappa shape index (κ1) is 24.4. The van der Waals surface area contributed by atoms with Gasteiger partial charge in [-0.2, -0.15) is 0 Å². The zero-order valence-electron chi connectivity index (χ0n) is 19.9. The zero-order valence-corrected chi connectivity index (χ0v) is 19.9. The third-order valence-electron chi connectivity index (χ3n) is 6.38. The standard InChI is InChI=1S/C28H21NO9/c1-37-22(34)11-16(14-8-9-29-17-5-3-2-4-15(14)17)23-20(32)12-21(33)24-25(35)26(36)27(38-28(23)24)13-6-7-18(30)19(31)10-13/h2-10,12,16,30-33,36H,11H2,1H3/t16-/m1/s1. The van der Waals surface area contributed by atoms with Crippen molar-refractivity contribution in [1.82, 2.24) is 4.98 Å². The van der Waals surface area contributed by atoms with Crippen molar-refractivity contribution in [2.45, 2.75) is 12.3 Å². The SMILES string of the molecule is COC(=O)C[C@H](c1ccnc2ccccc12)c1c(O)cc(O)c2c(=O)c(O)c(-c3ccc(O)c(O)c3)oc12. The highest BCUT2D eigenvalue weighted by Gasteiger charge is 2.30. The van der Waals surface area contributed by atoms with Crippen molar-refractivity contribution >= 4 is 27.8 Å². The van der Waals surface area contributed by atoms with Gasteiger partial charge in [-0.3, -0.25) is 14.6 Å². The Morgan fingerprint density at radius 1 is 0.947 bits per heavy atom. The van der Waals surface area contributed by atoms with E-state index in [-0.39, 0.29) is 28.9 Å². The minimum atomic E-state index is -1.01. The smallest absolute Gasteiger partial charge is 0.306 e. The number of para-hydroxylation sites is 1. The predicted octanol–water partition coefficient (Wildman–Crippen LogP) is 4.23. The summed E-state index contributed by atoms with van der Waals surface area (Å²) >= 11 is 0. The minimum Gasteiger partial charge on any atom is -0.507 e. The molecule has 0 unspecified atom stereocenters. The summed E-state index contributed by atoms with van der Waals surface area (Å²) in [5.74, 6) is -4.91. The molecular formula is C28H21NO9. The number of rotatable bonds is 5. The number of carbonyl (C=O) groups is 1. The fraction of sp³-hybridized carbons (Fsp3) is 0.107. The van der Waals surface area contributed by atoms with Crippen LogP contribution in [0.2, 0.25) is 0 Å². The zero-order chi connectivity index (χ0) is 27.1. The lowest BCUT2D eigenvalue weighted by atomic mass is 9.85. The lowest BCUT2D eigenvalue weighted by molar-refractivity contribution is -0.140. The lowest BCUT2D eigenvalue weighted by Crippen LogP contribution is -2.13. The van der Waals surface area contributed by atoms with E-state index in [1.807, 2.05) is 0 Å². The summed E-state index contributed by atoms with van der Waals surface area (Å²) in [6, 6.07) is 13.2. The lowest BCUT2D eigenvalue weighted by Gasteiger charge is -2.21. The second kappa shape index (κ2) is 9.32. The van der Waals surface area contributed by atoms with Crippen molar-refractivity contribution in [2.24, 2.45) is 0 Å². The number of ether oxygens (including phenoxy) is 1. The highest BCUT2D eigenvalue weighted by molar-refractivity contribution is 5.93. The van der Waals surface area contributed by atoms with Crippen LogP contribution in [0.25, 0.3) is 33.2 Å². The Morgan fingerprint density at radius 3 is 2.45 bits per heavy atom. The molecule has 0 saturated heterocycles. The fourth-order valence-corrected chi connectivity index (χ4v) is 4.58. The first-order chi connectivity index (χ1) is 18.2. The van der Waals surface area contributed by atoms with E-state index >= 15 is 0 Å². The number of phenols is 4.